The van der Waals surface area contributed by atoms with E-state index in [1.807, 2.05) is 6.07 Å². The minimum absolute atomic E-state index is 0.626. The van der Waals surface area contributed by atoms with Crippen molar-refractivity contribution in [3.05, 3.63) is 30.3 Å². The molecule has 116 valence electrons. The monoisotopic (exact) mass is 298 g/mol. The third-order valence-corrected chi connectivity index (χ3v) is 3.17. The van der Waals surface area contributed by atoms with Crippen LogP contribution in [0.15, 0.2) is 30.3 Å². The minimum Gasteiger partial charge on any atom is -0.387 e. The van der Waals surface area contributed by atoms with Crippen LogP contribution in [-0.4, -0.2) is 59.0 Å². The van der Waals surface area contributed by atoms with Crippen LogP contribution in [0.5, 0.6) is 0 Å². The Balaban J connectivity index is 1.90. The summed E-state index contributed by atoms with van der Waals surface area (Å²) in [6.45, 7) is 0. The predicted molar refractivity (Wildman–Crippen MR) is 71.9 cm³/mol. The third kappa shape index (κ3) is 3.49. The smallest absolute Gasteiger partial charge is 0.269 e. The van der Waals surface area contributed by atoms with Crippen LogP contribution in [0.1, 0.15) is 0 Å². The van der Waals surface area contributed by atoms with Crippen molar-refractivity contribution in [2.24, 2.45) is 0 Å². The van der Waals surface area contributed by atoms with Gasteiger partial charge in [-0.15, -0.1) is 0 Å². The van der Waals surface area contributed by atoms with Gasteiger partial charge in [0, 0.05) is 7.11 Å². The molecule has 0 spiro atoms. The van der Waals surface area contributed by atoms with Crippen LogP contribution in [0.2, 0.25) is 0 Å². The molecule has 1 aliphatic rings. The van der Waals surface area contributed by atoms with E-state index in [1.54, 1.807) is 24.3 Å². The molecule has 5 N–H and O–H groups in total. The van der Waals surface area contributed by atoms with Crippen molar-refractivity contribution in [3.8, 4) is 0 Å². The number of aliphatic hydroxyl groups is 3. The predicted octanol–water partition coefficient (Wildman–Crippen LogP) is -1.42. The highest BCUT2D eigenvalue weighted by Gasteiger charge is 2.48. The van der Waals surface area contributed by atoms with Crippen LogP contribution < -0.4 is 10.9 Å². The number of ether oxygens (including phenoxy) is 2. The van der Waals surface area contributed by atoms with E-state index in [2.05, 4.69) is 10.9 Å². The van der Waals surface area contributed by atoms with E-state index in [1.165, 1.54) is 7.11 Å². The molecule has 1 fully saturated rings. The van der Waals surface area contributed by atoms with Gasteiger partial charge in [-0.2, -0.15) is 0 Å². The van der Waals surface area contributed by atoms with E-state index in [0.717, 1.165) is 0 Å². The van der Waals surface area contributed by atoms with Crippen LogP contribution in [0.25, 0.3) is 0 Å². The number of amides is 1. The molecule has 8 nitrogen and oxygen atoms in total. The van der Waals surface area contributed by atoms with E-state index in [4.69, 9.17) is 9.47 Å². The van der Waals surface area contributed by atoms with Gasteiger partial charge in [0.15, 0.2) is 12.4 Å². The quantitative estimate of drug-likeness (QED) is 0.423. The summed E-state index contributed by atoms with van der Waals surface area (Å²) in [5, 5.41) is 29.2. The van der Waals surface area contributed by atoms with Crippen molar-refractivity contribution >= 4 is 11.6 Å². The average Bonchev–Trinajstić information content (AvgIpc) is 2.80. The second kappa shape index (κ2) is 6.83. The number of benzene rings is 1. The molecule has 0 saturated carbocycles. The van der Waals surface area contributed by atoms with E-state index in [-0.39, 0.29) is 0 Å². The van der Waals surface area contributed by atoms with Crippen molar-refractivity contribution in [1.29, 1.82) is 0 Å². The van der Waals surface area contributed by atoms with Gasteiger partial charge < -0.3 is 24.8 Å². The molecule has 0 unspecified atom stereocenters. The molecule has 1 saturated heterocycles. The highest BCUT2D eigenvalue weighted by atomic mass is 16.7. The lowest BCUT2D eigenvalue weighted by molar-refractivity contribution is -0.169. The molecular formula is C13H18N2O6. The zero-order valence-electron chi connectivity index (χ0n) is 11.3. The van der Waals surface area contributed by atoms with Gasteiger partial charge in [-0.05, 0) is 12.1 Å². The number of para-hydroxylation sites is 1. The molecule has 1 aliphatic heterocycles. The molecule has 5 atom stereocenters. The molecule has 0 aliphatic carbocycles. The summed E-state index contributed by atoms with van der Waals surface area (Å²) in [4.78, 5) is 11.8. The van der Waals surface area contributed by atoms with Gasteiger partial charge in [-0.3, -0.25) is 15.6 Å². The maximum Gasteiger partial charge on any atom is 0.269 e. The number of hydrazine groups is 1. The Labute approximate surface area is 121 Å². The Morgan fingerprint density at radius 1 is 1.29 bits per heavy atom. The summed E-state index contributed by atoms with van der Waals surface area (Å²) in [7, 11) is 1.28. The summed E-state index contributed by atoms with van der Waals surface area (Å²) in [6, 6.07) is 8.80. The topological polar surface area (TPSA) is 120 Å². The maximum absolute atomic E-state index is 11.8. The van der Waals surface area contributed by atoms with Crippen LogP contribution in [0.4, 0.5) is 5.69 Å². The maximum atomic E-state index is 11.8. The normalized spacial score (nSPS) is 29.9. The van der Waals surface area contributed by atoms with Crippen molar-refractivity contribution < 1.29 is 29.6 Å². The van der Waals surface area contributed by atoms with Crippen molar-refractivity contribution in [3.63, 3.8) is 0 Å². The standard InChI is InChI=1S/C13H18N2O6/c1-20-13-9(17)8(16)11(21-13)10(18)12(19)15-14-7-5-3-2-4-6-7/h2-6,8-11,13-14,16-18H,1H3,(H,15,19)/t8-,9+,10-,11-,13+/m0/s1. The fourth-order valence-corrected chi connectivity index (χ4v) is 2.01. The Morgan fingerprint density at radius 3 is 2.52 bits per heavy atom. The highest BCUT2D eigenvalue weighted by molar-refractivity contribution is 5.82. The molecule has 1 aromatic rings. The van der Waals surface area contributed by atoms with Crippen LogP contribution in [-0.2, 0) is 14.3 Å². The summed E-state index contributed by atoms with van der Waals surface area (Å²) >= 11 is 0. The van der Waals surface area contributed by atoms with Crippen molar-refractivity contribution in [2.45, 2.75) is 30.7 Å². The second-order valence-electron chi connectivity index (χ2n) is 4.61. The van der Waals surface area contributed by atoms with Gasteiger partial charge in [-0.1, -0.05) is 18.2 Å². The number of carbonyl (C=O) groups is 1. The lowest BCUT2D eigenvalue weighted by atomic mass is 10.1. The molecular weight excluding hydrogens is 280 g/mol. The fraction of sp³-hybridized carbons (Fsp3) is 0.462. The molecule has 1 aromatic carbocycles. The number of methoxy groups -OCH3 is 1. The Kier molecular flexibility index (Phi) is 5.10. The van der Waals surface area contributed by atoms with Gasteiger partial charge in [0.05, 0.1) is 5.69 Å². The van der Waals surface area contributed by atoms with Crippen molar-refractivity contribution in [1.82, 2.24) is 5.43 Å². The number of hydrogen-bond donors (Lipinski definition) is 5. The summed E-state index contributed by atoms with van der Waals surface area (Å²) in [5.74, 6) is -0.799. The molecule has 0 aromatic heterocycles. The van der Waals surface area contributed by atoms with Gasteiger partial charge in [-0.25, -0.2) is 0 Å². The molecule has 0 radical (unpaired) electrons. The zero-order valence-corrected chi connectivity index (χ0v) is 11.3. The van der Waals surface area contributed by atoms with E-state index in [9.17, 15) is 20.1 Å². The number of rotatable bonds is 5. The molecule has 8 heteroatoms. The first-order valence-electron chi connectivity index (χ1n) is 6.38. The minimum atomic E-state index is -1.66. The highest BCUT2D eigenvalue weighted by Crippen LogP contribution is 2.24. The van der Waals surface area contributed by atoms with E-state index >= 15 is 0 Å². The molecule has 0 bridgehead atoms. The number of hydrogen-bond acceptors (Lipinski definition) is 7. The first kappa shape index (κ1) is 15.7. The number of aliphatic hydroxyl groups excluding tert-OH is 3. The van der Waals surface area contributed by atoms with Gasteiger partial charge >= 0.3 is 0 Å². The van der Waals surface area contributed by atoms with E-state index in [0.29, 0.717) is 5.69 Å². The lowest BCUT2D eigenvalue weighted by Gasteiger charge is -2.20. The molecule has 1 heterocycles. The first-order valence-corrected chi connectivity index (χ1v) is 6.38. The Morgan fingerprint density at radius 2 is 1.95 bits per heavy atom. The molecule has 2 rings (SSSR count). The number of carbonyl (C=O) groups excluding carboxylic acids is 1. The average molecular weight is 298 g/mol. The molecule has 1 amide bonds. The zero-order chi connectivity index (χ0) is 15.4. The van der Waals surface area contributed by atoms with Gasteiger partial charge in [0.1, 0.15) is 18.3 Å². The van der Waals surface area contributed by atoms with Gasteiger partial charge in [0.25, 0.3) is 5.91 Å². The van der Waals surface area contributed by atoms with Gasteiger partial charge in [0.2, 0.25) is 0 Å². The Bertz CT molecular complexity index is 471. The van der Waals surface area contributed by atoms with Crippen LogP contribution >= 0.6 is 0 Å². The third-order valence-electron chi connectivity index (χ3n) is 3.17. The summed E-state index contributed by atoms with van der Waals surface area (Å²) < 4.78 is 9.90. The number of anilines is 1. The Hall–Kier alpha value is -1.71. The molecule has 21 heavy (non-hydrogen) atoms. The number of nitrogens with one attached hydrogen (secondary N) is 2. The van der Waals surface area contributed by atoms with Crippen LogP contribution in [0, 0.1) is 0 Å². The first-order chi connectivity index (χ1) is 10.0. The SMILES string of the molecule is CO[C@@H]1O[C@H]([C@H](O)C(=O)NNc2ccccc2)[C@@H](O)[C@H]1O. The van der Waals surface area contributed by atoms with Crippen molar-refractivity contribution in [2.75, 3.05) is 12.5 Å². The second-order valence-corrected chi connectivity index (χ2v) is 4.61. The van der Waals surface area contributed by atoms with E-state index < -0.39 is 36.6 Å². The van der Waals surface area contributed by atoms with Crippen LogP contribution in [0.3, 0.4) is 0 Å². The lowest BCUT2D eigenvalue weighted by Crippen LogP contribution is -2.48. The summed E-state index contributed by atoms with van der Waals surface area (Å²) in [5.41, 5.74) is 5.53. The fourth-order valence-electron chi connectivity index (χ4n) is 2.01. The largest absolute Gasteiger partial charge is 0.387 e. The summed E-state index contributed by atoms with van der Waals surface area (Å²) in [6.07, 6.45) is -6.78.